The second-order valence-electron chi connectivity index (χ2n) is 8.41. The minimum Gasteiger partial charge on any atom is -0.493 e. The van der Waals surface area contributed by atoms with Crippen molar-refractivity contribution in [2.45, 2.75) is 32.7 Å². The van der Waals surface area contributed by atoms with E-state index in [1.54, 1.807) is 7.11 Å². The molecule has 0 aromatic heterocycles. The lowest BCUT2D eigenvalue weighted by Crippen LogP contribution is -2.39. The van der Waals surface area contributed by atoms with Crippen molar-refractivity contribution in [3.05, 3.63) is 59.3 Å². The van der Waals surface area contributed by atoms with E-state index in [1.165, 1.54) is 7.11 Å². The number of carbonyl (C=O) groups excluding carboxylic acids is 2. The van der Waals surface area contributed by atoms with E-state index in [0.717, 1.165) is 29.1 Å². The molecule has 0 unspecified atom stereocenters. The number of methoxy groups -OCH3 is 2. The standard InChI is InChI=1S/C26H30N2O5/c1-5-13-33-25-16(9-8-12-20(25)31-3)23-22-19(27-17-10-6-7-11-18(17)28-23)14-15(2)21(24(22)29)26(30)32-4/h6-12,15,21,23,27-28H,5,13-14H2,1-4H3/t15-,21-,23-/m0/s1. The number of hydrogen-bond acceptors (Lipinski definition) is 7. The Morgan fingerprint density at radius 1 is 1.09 bits per heavy atom. The van der Waals surface area contributed by atoms with E-state index < -0.39 is 17.9 Å². The molecule has 3 atom stereocenters. The fourth-order valence-electron chi connectivity index (χ4n) is 4.65. The minimum atomic E-state index is -0.855. The van der Waals surface area contributed by atoms with Crippen molar-refractivity contribution in [1.29, 1.82) is 0 Å². The largest absolute Gasteiger partial charge is 0.493 e. The van der Waals surface area contributed by atoms with Crippen LogP contribution in [0, 0.1) is 11.8 Å². The van der Waals surface area contributed by atoms with Crippen molar-refractivity contribution in [2.75, 3.05) is 31.5 Å². The Hall–Kier alpha value is -3.48. The molecule has 33 heavy (non-hydrogen) atoms. The predicted molar refractivity (Wildman–Crippen MR) is 127 cm³/mol. The van der Waals surface area contributed by atoms with E-state index in [2.05, 4.69) is 10.6 Å². The highest BCUT2D eigenvalue weighted by Crippen LogP contribution is 2.47. The molecule has 7 nitrogen and oxygen atoms in total. The average Bonchev–Trinajstić information content (AvgIpc) is 2.98. The van der Waals surface area contributed by atoms with Gasteiger partial charge in [0.05, 0.1) is 38.2 Å². The van der Waals surface area contributed by atoms with Crippen molar-refractivity contribution in [3.8, 4) is 11.5 Å². The molecule has 0 radical (unpaired) electrons. The number of allylic oxidation sites excluding steroid dienone is 1. The summed E-state index contributed by atoms with van der Waals surface area (Å²) in [5.41, 5.74) is 3.84. The zero-order chi connectivity index (χ0) is 23.5. The average molecular weight is 451 g/mol. The van der Waals surface area contributed by atoms with Gasteiger partial charge in [0.2, 0.25) is 0 Å². The monoisotopic (exact) mass is 450 g/mol. The van der Waals surface area contributed by atoms with Crippen molar-refractivity contribution in [3.63, 3.8) is 0 Å². The van der Waals surface area contributed by atoms with Gasteiger partial charge in [-0.3, -0.25) is 9.59 Å². The van der Waals surface area contributed by atoms with Crippen LogP contribution in [-0.2, 0) is 14.3 Å². The molecule has 0 amide bonds. The summed E-state index contributed by atoms with van der Waals surface area (Å²) in [7, 11) is 2.92. The molecule has 0 saturated carbocycles. The molecule has 1 aliphatic heterocycles. The van der Waals surface area contributed by atoms with Gasteiger partial charge >= 0.3 is 5.97 Å². The van der Waals surface area contributed by atoms with Crippen LogP contribution in [0.4, 0.5) is 11.4 Å². The van der Waals surface area contributed by atoms with Crippen molar-refractivity contribution in [1.82, 2.24) is 0 Å². The highest BCUT2D eigenvalue weighted by Gasteiger charge is 2.45. The molecule has 2 aromatic rings. The van der Waals surface area contributed by atoms with Crippen LogP contribution in [0.15, 0.2) is 53.7 Å². The Morgan fingerprint density at radius 2 is 1.85 bits per heavy atom. The molecule has 174 valence electrons. The van der Waals surface area contributed by atoms with Crippen LogP contribution in [-0.4, -0.2) is 32.6 Å². The smallest absolute Gasteiger partial charge is 0.316 e. The molecule has 2 aliphatic rings. The first-order valence-corrected chi connectivity index (χ1v) is 11.3. The third kappa shape index (κ3) is 4.15. The number of fused-ring (bicyclic) bond motifs is 1. The number of rotatable bonds is 6. The third-order valence-electron chi connectivity index (χ3n) is 6.22. The maximum Gasteiger partial charge on any atom is 0.316 e. The summed E-state index contributed by atoms with van der Waals surface area (Å²) in [6, 6.07) is 12.9. The topological polar surface area (TPSA) is 85.9 Å². The Morgan fingerprint density at radius 3 is 2.55 bits per heavy atom. The first-order valence-electron chi connectivity index (χ1n) is 11.3. The number of ether oxygens (including phenoxy) is 3. The van der Waals surface area contributed by atoms with Gasteiger partial charge in [-0.25, -0.2) is 0 Å². The number of esters is 1. The SMILES string of the molecule is CCCOc1c(OC)cccc1[C@@H]1Nc2ccccc2NC2=C1C(=O)[C@@H](C(=O)OC)[C@@H](C)C2. The van der Waals surface area contributed by atoms with E-state index in [-0.39, 0.29) is 11.7 Å². The second kappa shape index (κ2) is 9.57. The van der Waals surface area contributed by atoms with Crippen molar-refractivity contribution < 1.29 is 23.8 Å². The molecule has 7 heteroatoms. The van der Waals surface area contributed by atoms with Crippen molar-refractivity contribution >= 4 is 23.1 Å². The van der Waals surface area contributed by atoms with Crippen LogP contribution in [0.1, 0.15) is 38.3 Å². The lowest BCUT2D eigenvalue weighted by atomic mass is 9.74. The number of ketones is 1. The Balaban J connectivity index is 1.91. The third-order valence-corrected chi connectivity index (χ3v) is 6.22. The predicted octanol–water partition coefficient (Wildman–Crippen LogP) is 4.71. The van der Waals surface area contributed by atoms with Gasteiger partial charge in [-0.2, -0.15) is 0 Å². The molecule has 2 aromatic carbocycles. The number of hydrogen-bond donors (Lipinski definition) is 2. The summed E-state index contributed by atoms with van der Waals surface area (Å²) in [5.74, 6) is -0.608. The normalized spacial score (nSPS) is 21.7. The number of anilines is 2. The van der Waals surface area contributed by atoms with E-state index in [9.17, 15) is 9.59 Å². The quantitative estimate of drug-likeness (QED) is 0.487. The van der Waals surface area contributed by atoms with Crippen LogP contribution in [0.3, 0.4) is 0 Å². The van der Waals surface area contributed by atoms with E-state index in [4.69, 9.17) is 14.2 Å². The number of para-hydroxylation sites is 3. The number of nitrogens with one attached hydrogen (secondary N) is 2. The molecule has 1 aliphatic carbocycles. The molecule has 4 rings (SSSR count). The first-order chi connectivity index (χ1) is 16.0. The fourth-order valence-corrected chi connectivity index (χ4v) is 4.65. The number of benzene rings is 2. The lowest BCUT2D eigenvalue weighted by molar-refractivity contribution is -0.151. The molecule has 0 bridgehead atoms. The maximum absolute atomic E-state index is 13.8. The van der Waals surface area contributed by atoms with Gasteiger partial charge in [0.1, 0.15) is 5.92 Å². The summed E-state index contributed by atoms with van der Waals surface area (Å²) >= 11 is 0. The molecule has 0 saturated heterocycles. The number of Topliss-reactive ketones (excluding diaryl/α,β-unsaturated/α-hetero) is 1. The van der Waals surface area contributed by atoms with E-state index in [0.29, 0.717) is 30.1 Å². The van der Waals surface area contributed by atoms with Gasteiger partial charge < -0.3 is 24.8 Å². The zero-order valence-electron chi connectivity index (χ0n) is 19.4. The molecule has 2 N–H and O–H groups in total. The molecular formula is C26H30N2O5. The van der Waals surface area contributed by atoms with Gasteiger partial charge in [0, 0.05) is 16.8 Å². The van der Waals surface area contributed by atoms with Gasteiger partial charge in [0.25, 0.3) is 0 Å². The van der Waals surface area contributed by atoms with Gasteiger partial charge in [0.15, 0.2) is 17.3 Å². The summed E-state index contributed by atoms with van der Waals surface area (Å²) < 4.78 is 16.7. The number of carbonyl (C=O) groups is 2. The molecule has 0 spiro atoms. The minimum absolute atomic E-state index is 0.191. The van der Waals surface area contributed by atoms with Crippen LogP contribution >= 0.6 is 0 Å². The maximum atomic E-state index is 13.8. The summed E-state index contributed by atoms with van der Waals surface area (Å²) in [6.45, 7) is 4.45. The summed E-state index contributed by atoms with van der Waals surface area (Å²) in [5, 5.41) is 7.00. The Labute approximate surface area is 194 Å². The van der Waals surface area contributed by atoms with E-state index >= 15 is 0 Å². The Bertz CT molecular complexity index is 1090. The molecular weight excluding hydrogens is 420 g/mol. The van der Waals surface area contributed by atoms with Crippen LogP contribution in [0.5, 0.6) is 11.5 Å². The molecule has 0 fully saturated rings. The highest BCUT2D eigenvalue weighted by molar-refractivity contribution is 6.11. The van der Waals surface area contributed by atoms with Gasteiger partial charge in [-0.15, -0.1) is 0 Å². The van der Waals surface area contributed by atoms with Crippen LogP contribution in [0.2, 0.25) is 0 Å². The summed E-state index contributed by atoms with van der Waals surface area (Å²) in [4.78, 5) is 26.4. The zero-order valence-corrected chi connectivity index (χ0v) is 19.4. The van der Waals surface area contributed by atoms with Crippen LogP contribution in [0.25, 0.3) is 0 Å². The highest BCUT2D eigenvalue weighted by atomic mass is 16.5. The van der Waals surface area contributed by atoms with Crippen molar-refractivity contribution in [2.24, 2.45) is 11.8 Å². The van der Waals surface area contributed by atoms with Gasteiger partial charge in [-0.1, -0.05) is 38.1 Å². The lowest BCUT2D eigenvalue weighted by Gasteiger charge is -2.33. The summed E-state index contributed by atoms with van der Waals surface area (Å²) in [6.07, 6.45) is 1.37. The van der Waals surface area contributed by atoms with Crippen LogP contribution < -0.4 is 20.1 Å². The first kappa shape index (κ1) is 22.7. The Kier molecular flexibility index (Phi) is 6.58. The van der Waals surface area contributed by atoms with E-state index in [1.807, 2.05) is 56.3 Å². The second-order valence-corrected chi connectivity index (χ2v) is 8.41. The van der Waals surface area contributed by atoms with Gasteiger partial charge in [-0.05, 0) is 37.0 Å². The molecule has 1 heterocycles. The fraction of sp³-hybridized carbons (Fsp3) is 0.385.